The molecule has 2 fully saturated rings. The van der Waals surface area contributed by atoms with Gasteiger partial charge in [0.2, 0.25) is 0 Å². The molecule has 1 amide bonds. The van der Waals surface area contributed by atoms with Crippen LogP contribution >= 0.6 is 0 Å². The number of aromatic amines is 1. The fraction of sp³-hybridized carbons (Fsp3) is 0.293. The first kappa shape index (κ1) is 36.4. The maximum atomic E-state index is 17.0. The Morgan fingerprint density at radius 3 is 2.88 bits per heavy atom. The second-order valence-corrected chi connectivity index (χ2v) is 14.2. The Morgan fingerprint density at radius 1 is 1.23 bits per heavy atom. The summed E-state index contributed by atoms with van der Waals surface area (Å²) in [4.78, 5) is 46.3. The normalized spacial score (nSPS) is 19.8. The van der Waals surface area contributed by atoms with Crippen LogP contribution in [0.2, 0.25) is 0 Å². The quantitative estimate of drug-likeness (QED) is 0.119. The van der Waals surface area contributed by atoms with Crippen LogP contribution in [0.3, 0.4) is 0 Å². The Bertz CT molecular complexity index is 2540. The van der Waals surface area contributed by atoms with Gasteiger partial charge in [0.1, 0.15) is 48.2 Å². The van der Waals surface area contributed by atoms with E-state index in [1.54, 1.807) is 49.7 Å². The average Bonchev–Trinajstić information content (AvgIpc) is 3.71. The molecule has 3 aliphatic heterocycles. The molecule has 0 aliphatic carbocycles. The molecule has 0 bridgehead atoms. The molecule has 2 aromatic carbocycles. The predicted molar refractivity (Wildman–Crippen MR) is 206 cm³/mol. The summed E-state index contributed by atoms with van der Waals surface area (Å²) in [7, 11) is 0. The number of amides is 1. The van der Waals surface area contributed by atoms with Crippen molar-refractivity contribution in [2.24, 2.45) is 0 Å². The van der Waals surface area contributed by atoms with Gasteiger partial charge in [-0.05, 0) is 43.7 Å². The van der Waals surface area contributed by atoms with Gasteiger partial charge < -0.3 is 30.2 Å². The van der Waals surface area contributed by atoms with Crippen LogP contribution in [0.4, 0.5) is 25.2 Å². The number of carbonyl (C=O) groups excluding carboxylic acids is 1. The van der Waals surface area contributed by atoms with Crippen LogP contribution < -0.4 is 21.3 Å². The summed E-state index contributed by atoms with van der Waals surface area (Å²) in [6.07, 6.45) is 11.9. The van der Waals surface area contributed by atoms with Crippen LogP contribution in [0.25, 0.3) is 32.9 Å². The van der Waals surface area contributed by atoms with E-state index in [0.29, 0.717) is 43.5 Å². The number of nitrogen functional groups attached to an aromatic ring is 1. The second-order valence-electron chi connectivity index (χ2n) is 14.2. The van der Waals surface area contributed by atoms with E-state index in [4.69, 9.17) is 26.4 Å². The summed E-state index contributed by atoms with van der Waals surface area (Å²) in [6.45, 7) is 7.69. The lowest BCUT2D eigenvalue weighted by atomic mass is 9.94. The summed E-state index contributed by atoms with van der Waals surface area (Å²) < 4.78 is 49.2. The molecule has 3 aromatic heterocycles. The number of aromatic nitrogens is 4. The number of H-pyrrole nitrogens is 1. The highest BCUT2D eigenvalue weighted by atomic mass is 19.1. The van der Waals surface area contributed by atoms with Gasteiger partial charge in [0.25, 0.3) is 5.56 Å². The first-order valence-corrected chi connectivity index (χ1v) is 18.1. The van der Waals surface area contributed by atoms with Crippen LogP contribution in [0.1, 0.15) is 43.4 Å². The molecule has 0 saturated carbocycles. The lowest BCUT2D eigenvalue weighted by molar-refractivity contribution is 0.0447. The maximum absolute atomic E-state index is 17.0. The van der Waals surface area contributed by atoms with Crippen molar-refractivity contribution >= 4 is 39.4 Å². The fourth-order valence-corrected chi connectivity index (χ4v) is 8.06. The van der Waals surface area contributed by atoms with Crippen LogP contribution in [0, 0.1) is 24.0 Å². The van der Waals surface area contributed by atoms with Crippen LogP contribution in [0.5, 0.6) is 6.01 Å². The van der Waals surface area contributed by atoms with E-state index in [9.17, 15) is 14.0 Å². The van der Waals surface area contributed by atoms with Gasteiger partial charge in [-0.25, -0.2) is 18.6 Å². The predicted octanol–water partition coefficient (Wildman–Crippen LogP) is 6.03. The minimum Gasteiger partial charge on any atom is -0.498 e. The van der Waals surface area contributed by atoms with E-state index in [2.05, 4.69) is 42.7 Å². The zero-order chi connectivity index (χ0) is 39.1. The first-order valence-electron chi connectivity index (χ1n) is 18.1. The van der Waals surface area contributed by atoms with Gasteiger partial charge >= 0.3 is 12.1 Å². The third kappa shape index (κ3) is 6.51. The second kappa shape index (κ2) is 14.6. The van der Waals surface area contributed by atoms with Gasteiger partial charge in [-0.2, -0.15) is 9.97 Å². The molecule has 56 heavy (non-hydrogen) atoms. The summed E-state index contributed by atoms with van der Waals surface area (Å²) in [5, 5.41) is 3.85. The molecule has 4 N–H and O–H groups in total. The number of benzene rings is 2. The van der Waals surface area contributed by atoms with E-state index in [1.807, 2.05) is 0 Å². The fourth-order valence-electron chi connectivity index (χ4n) is 8.06. The Kier molecular flexibility index (Phi) is 9.51. The van der Waals surface area contributed by atoms with Gasteiger partial charge in [0.05, 0.1) is 35.6 Å². The van der Waals surface area contributed by atoms with Crippen molar-refractivity contribution in [3.8, 4) is 29.6 Å². The third-order valence-electron chi connectivity index (χ3n) is 10.7. The highest BCUT2D eigenvalue weighted by Crippen LogP contribution is 2.45. The van der Waals surface area contributed by atoms with E-state index in [1.165, 1.54) is 23.3 Å². The molecule has 0 unspecified atom stereocenters. The molecule has 5 aromatic rings. The van der Waals surface area contributed by atoms with E-state index >= 15 is 4.39 Å². The molecule has 15 heteroatoms. The summed E-state index contributed by atoms with van der Waals surface area (Å²) >= 11 is 0. The maximum Gasteiger partial charge on any atom is 0.414 e. The Labute approximate surface area is 320 Å². The number of nitrogens with zero attached hydrogens (tertiary/aromatic N) is 5. The lowest BCUT2D eigenvalue weighted by Gasteiger charge is -2.34. The number of nitrogens with two attached hydrogens (primary N) is 1. The largest absolute Gasteiger partial charge is 0.498 e. The van der Waals surface area contributed by atoms with Crippen molar-refractivity contribution in [3.63, 3.8) is 0 Å². The third-order valence-corrected chi connectivity index (χ3v) is 10.7. The van der Waals surface area contributed by atoms with E-state index < -0.39 is 34.9 Å². The number of pyridine rings is 2. The topological polar surface area (TPSA) is 161 Å². The van der Waals surface area contributed by atoms with Crippen LogP contribution in [0.15, 0.2) is 78.1 Å². The molecule has 13 nitrogen and oxygen atoms in total. The summed E-state index contributed by atoms with van der Waals surface area (Å²) in [5.41, 5.74) is 6.12. The zero-order valence-electron chi connectivity index (χ0n) is 30.5. The number of fused-ring (bicyclic) bond motifs is 3. The van der Waals surface area contributed by atoms with E-state index in [0.717, 1.165) is 12.0 Å². The summed E-state index contributed by atoms with van der Waals surface area (Å²) in [6, 6.07) is 10.4. The van der Waals surface area contributed by atoms with Gasteiger partial charge in [-0.15, -0.1) is 6.42 Å². The van der Waals surface area contributed by atoms with Crippen LogP contribution in [-0.4, -0.2) is 80.3 Å². The highest BCUT2D eigenvalue weighted by molar-refractivity contribution is 6.02. The molecule has 0 radical (unpaired) electrons. The Hall–Kier alpha value is -6.53. The molecule has 286 valence electrons. The van der Waals surface area contributed by atoms with Crippen molar-refractivity contribution < 1.29 is 27.8 Å². The Balaban J connectivity index is 1.16. The van der Waals surface area contributed by atoms with Gasteiger partial charge in [0.15, 0.2) is 5.82 Å². The van der Waals surface area contributed by atoms with Gasteiger partial charge in [-0.1, -0.05) is 48.4 Å². The number of carbonyl (C=O) groups is 1. The van der Waals surface area contributed by atoms with Crippen molar-refractivity contribution in [2.45, 2.75) is 43.8 Å². The van der Waals surface area contributed by atoms with Crippen molar-refractivity contribution in [1.82, 2.24) is 29.7 Å². The number of nitrogens with one attached hydrogen (secondary N) is 2. The summed E-state index contributed by atoms with van der Waals surface area (Å²) in [5.74, 6) is 1.08. The lowest BCUT2D eigenvalue weighted by Crippen LogP contribution is -2.48. The molecule has 2 saturated heterocycles. The minimum absolute atomic E-state index is 0.000655. The minimum atomic E-state index is -0.893. The SMILES string of the molecule is C#Cc1c(F)ccc2cccc(-c3[nH]c(=O)c4c(N[C@H](C)c5cccnc5N)nc(OC[C@@]56CC[C@@H](COC(=O)N7C=COCC7)N5CC(=C)C6)nc4c3F)c12. The van der Waals surface area contributed by atoms with Gasteiger partial charge in [-0.3, -0.25) is 14.6 Å². The molecule has 3 aliphatic rings. The number of rotatable bonds is 9. The first-order chi connectivity index (χ1) is 27.1. The van der Waals surface area contributed by atoms with Crippen molar-refractivity contribution in [1.29, 1.82) is 0 Å². The molecular formula is C41H38F2N8O5. The number of hydrogen-bond donors (Lipinski definition) is 3. The number of anilines is 2. The average molecular weight is 761 g/mol. The molecule has 0 spiro atoms. The monoisotopic (exact) mass is 760 g/mol. The molecular weight excluding hydrogens is 722 g/mol. The van der Waals surface area contributed by atoms with Crippen LogP contribution in [-0.2, 0) is 9.47 Å². The standard InChI is InChI=1S/C41H38F2N8O5/c1-4-27-30(42)11-10-25-7-5-8-29(31(25)27)34-33(43)35-32(38(52)47-34)37(46-24(3)28-9-6-14-45-36(28)44)49-39(48-35)56-22-41-13-12-26(51(41)20-23(2)19-41)21-55-40(53)50-15-17-54-18-16-50/h1,5-11,14-15,17,24,26H,2,12-13,16,18-22H2,3H3,(H2,44,45)(H,47,52)(H,46,48,49)/t24-,26+,41+/m1/s1. The molecule has 6 heterocycles. The van der Waals surface area contributed by atoms with E-state index in [-0.39, 0.29) is 70.0 Å². The van der Waals surface area contributed by atoms with Crippen molar-refractivity contribution in [2.75, 3.05) is 44.0 Å². The highest BCUT2D eigenvalue weighted by Gasteiger charge is 2.51. The Morgan fingerprint density at radius 2 is 2.09 bits per heavy atom. The van der Waals surface area contributed by atoms with Gasteiger partial charge in [0, 0.05) is 41.5 Å². The molecule has 3 atom stereocenters. The molecule has 8 rings (SSSR count). The zero-order valence-corrected chi connectivity index (χ0v) is 30.5. The van der Waals surface area contributed by atoms with Crippen molar-refractivity contribution in [3.05, 3.63) is 106 Å². The number of halogens is 2. The number of ether oxygens (including phenoxy) is 3. The number of hydrogen-bond acceptors (Lipinski definition) is 11. The number of terminal acetylenes is 1. The smallest absolute Gasteiger partial charge is 0.414 e.